The Morgan fingerprint density at radius 3 is 3.06 bits per heavy atom. The Morgan fingerprint density at radius 1 is 1.56 bits per heavy atom. The van der Waals surface area contributed by atoms with E-state index < -0.39 is 5.97 Å². The van der Waals surface area contributed by atoms with E-state index in [2.05, 4.69) is 10.3 Å². The zero-order valence-electron chi connectivity index (χ0n) is 9.27. The van der Waals surface area contributed by atoms with Crippen LogP contribution in [0.15, 0.2) is 18.3 Å². The van der Waals surface area contributed by atoms with E-state index in [0.29, 0.717) is 12.3 Å². The summed E-state index contributed by atoms with van der Waals surface area (Å²) >= 11 is 0. The summed E-state index contributed by atoms with van der Waals surface area (Å²) in [5.74, 6) is -0.180. The first-order valence-corrected chi connectivity index (χ1v) is 5.18. The molecular weight excluding hydrogens is 208 g/mol. The molecule has 0 saturated carbocycles. The third-order valence-corrected chi connectivity index (χ3v) is 2.09. The van der Waals surface area contributed by atoms with E-state index in [-0.39, 0.29) is 6.42 Å². The van der Waals surface area contributed by atoms with Gasteiger partial charge in [0.15, 0.2) is 0 Å². The minimum Gasteiger partial charge on any atom is -0.481 e. The second-order valence-electron chi connectivity index (χ2n) is 3.36. The third kappa shape index (κ3) is 4.63. The molecule has 0 aliphatic carbocycles. The van der Waals surface area contributed by atoms with Crippen molar-refractivity contribution in [3.8, 4) is 5.88 Å². The molecule has 0 saturated heterocycles. The predicted octanol–water partition coefficient (Wildman–Crippen LogP) is 1.76. The van der Waals surface area contributed by atoms with Crippen molar-refractivity contribution in [2.24, 2.45) is 0 Å². The molecule has 0 fully saturated rings. The van der Waals surface area contributed by atoms with Gasteiger partial charge in [-0.15, -0.1) is 0 Å². The van der Waals surface area contributed by atoms with Gasteiger partial charge in [0, 0.05) is 30.9 Å². The van der Waals surface area contributed by atoms with Crippen molar-refractivity contribution < 1.29 is 14.6 Å². The number of hydrogen-bond donors (Lipinski definition) is 2. The van der Waals surface area contributed by atoms with Gasteiger partial charge in [-0.05, 0) is 18.9 Å². The molecule has 16 heavy (non-hydrogen) atoms. The van der Waals surface area contributed by atoms with Gasteiger partial charge in [-0.2, -0.15) is 0 Å². The second kappa shape index (κ2) is 6.66. The van der Waals surface area contributed by atoms with Crippen molar-refractivity contribution in [3.63, 3.8) is 0 Å². The molecule has 5 nitrogen and oxygen atoms in total. The normalized spacial score (nSPS) is 9.81. The number of aromatic nitrogens is 1. The van der Waals surface area contributed by atoms with Gasteiger partial charge in [-0.25, -0.2) is 4.98 Å². The molecule has 88 valence electrons. The highest BCUT2D eigenvalue weighted by Gasteiger charge is 1.98. The topological polar surface area (TPSA) is 71.5 Å². The summed E-state index contributed by atoms with van der Waals surface area (Å²) in [7, 11) is 1.57. The molecule has 0 amide bonds. The van der Waals surface area contributed by atoms with Gasteiger partial charge in [0.05, 0.1) is 7.11 Å². The van der Waals surface area contributed by atoms with Gasteiger partial charge < -0.3 is 15.2 Å². The summed E-state index contributed by atoms with van der Waals surface area (Å²) in [6.07, 6.45) is 3.40. The van der Waals surface area contributed by atoms with Crippen molar-refractivity contribution in [3.05, 3.63) is 18.3 Å². The molecule has 0 bridgehead atoms. The first-order valence-electron chi connectivity index (χ1n) is 5.18. The number of carboxylic acids is 1. The van der Waals surface area contributed by atoms with Crippen LogP contribution in [0, 0.1) is 0 Å². The van der Waals surface area contributed by atoms with Gasteiger partial charge in [0.1, 0.15) is 0 Å². The van der Waals surface area contributed by atoms with Crippen LogP contribution in [0.2, 0.25) is 0 Å². The van der Waals surface area contributed by atoms with Gasteiger partial charge >= 0.3 is 5.97 Å². The smallest absolute Gasteiger partial charge is 0.303 e. The lowest BCUT2D eigenvalue weighted by atomic mass is 10.2. The number of aliphatic carboxylic acids is 1. The lowest BCUT2D eigenvalue weighted by Crippen LogP contribution is -2.03. The fourth-order valence-electron chi connectivity index (χ4n) is 1.26. The molecule has 0 unspecified atom stereocenters. The lowest BCUT2D eigenvalue weighted by molar-refractivity contribution is -0.137. The molecule has 0 atom stereocenters. The van der Waals surface area contributed by atoms with Crippen LogP contribution < -0.4 is 10.1 Å². The van der Waals surface area contributed by atoms with E-state index in [4.69, 9.17) is 9.84 Å². The number of unbranched alkanes of at least 4 members (excludes halogenated alkanes) is 1. The monoisotopic (exact) mass is 224 g/mol. The molecule has 5 heteroatoms. The first-order chi connectivity index (χ1) is 7.72. The van der Waals surface area contributed by atoms with Crippen molar-refractivity contribution in [1.82, 2.24) is 4.98 Å². The van der Waals surface area contributed by atoms with Crippen LogP contribution in [-0.4, -0.2) is 29.7 Å². The summed E-state index contributed by atoms with van der Waals surface area (Å²) in [6.45, 7) is 0.750. The van der Waals surface area contributed by atoms with E-state index in [1.807, 2.05) is 6.07 Å². The zero-order valence-corrected chi connectivity index (χ0v) is 9.27. The quantitative estimate of drug-likeness (QED) is 0.690. The van der Waals surface area contributed by atoms with E-state index in [1.54, 1.807) is 19.4 Å². The Morgan fingerprint density at radius 2 is 2.38 bits per heavy atom. The van der Waals surface area contributed by atoms with Gasteiger partial charge in [-0.3, -0.25) is 4.79 Å². The maximum Gasteiger partial charge on any atom is 0.303 e. The molecule has 0 aromatic carbocycles. The SMILES string of the molecule is COc1cc(NCCCCC(=O)O)ccn1. The summed E-state index contributed by atoms with van der Waals surface area (Å²) < 4.78 is 4.98. The Bertz CT molecular complexity index is 342. The summed E-state index contributed by atoms with van der Waals surface area (Å²) in [4.78, 5) is 14.3. The number of methoxy groups -OCH3 is 1. The maximum atomic E-state index is 10.3. The predicted molar refractivity (Wildman–Crippen MR) is 60.8 cm³/mol. The average molecular weight is 224 g/mol. The minimum atomic E-state index is -0.745. The van der Waals surface area contributed by atoms with Gasteiger partial charge in [0.25, 0.3) is 0 Å². The highest BCUT2D eigenvalue weighted by Crippen LogP contribution is 2.13. The van der Waals surface area contributed by atoms with Gasteiger partial charge in [-0.1, -0.05) is 0 Å². The summed E-state index contributed by atoms with van der Waals surface area (Å²) in [5.41, 5.74) is 0.933. The van der Waals surface area contributed by atoms with Crippen molar-refractivity contribution in [2.45, 2.75) is 19.3 Å². The number of ether oxygens (including phenoxy) is 1. The molecule has 2 N–H and O–H groups in total. The molecule has 1 rings (SSSR count). The van der Waals surface area contributed by atoms with Crippen LogP contribution in [0.1, 0.15) is 19.3 Å². The number of hydrogen-bond acceptors (Lipinski definition) is 4. The fraction of sp³-hybridized carbons (Fsp3) is 0.455. The lowest BCUT2D eigenvalue weighted by Gasteiger charge is -2.06. The van der Waals surface area contributed by atoms with E-state index >= 15 is 0 Å². The molecule has 0 spiro atoms. The van der Waals surface area contributed by atoms with Crippen molar-refractivity contribution in [1.29, 1.82) is 0 Å². The van der Waals surface area contributed by atoms with Crippen LogP contribution >= 0.6 is 0 Å². The largest absolute Gasteiger partial charge is 0.481 e. The highest BCUT2D eigenvalue weighted by molar-refractivity contribution is 5.66. The van der Waals surface area contributed by atoms with Crippen LogP contribution in [0.25, 0.3) is 0 Å². The molecule has 0 radical (unpaired) electrons. The first kappa shape index (κ1) is 12.3. The number of rotatable bonds is 7. The number of anilines is 1. The Hall–Kier alpha value is -1.78. The maximum absolute atomic E-state index is 10.3. The number of pyridine rings is 1. The van der Waals surface area contributed by atoms with E-state index in [1.165, 1.54) is 0 Å². The number of nitrogens with one attached hydrogen (secondary N) is 1. The molecule has 0 aliphatic heterocycles. The van der Waals surface area contributed by atoms with Crippen LogP contribution in [-0.2, 0) is 4.79 Å². The van der Waals surface area contributed by atoms with Gasteiger partial charge in [0.2, 0.25) is 5.88 Å². The standard InChI is InChI=1S/C11H16N2O3/c1-16-10-8-9(5-7-13-10)12-6-3-2-4-11(14)15/h5,7-8H,2-4,6H2,1H3,(H,12,13)(H,14,15). The van der Waals surface area contributed by atoms with Crippen LogP contribution in [0.4, 0.5) is 5.69 Å². The third-order valence-electron chi connectivity index (χ3n) is 2.09. The number of nitrogens with zero attached hydrogens (tertiary/aromatic N) is 1. The second-order valence-corrected chi connectivity index (χ2v) is 3.36. The Kier molecular flexibility index (Phi) is 5.11. The fourth-order valence-corrected chi connectivity index (χ4v) is 1.26. The highest BCUT2D eigenvalue weighted by atomic mass is 16.5. The summed E-state index contributed by atoms with van der Waals surface area (Å²) in [5, 5.41) is 11.6. The minimum absolute atomic E-state index is 0.224. The van der Waals surface area contributed by atoms with Crippen molar-refractivity contribution in [2.75, 3.05) is 19.0 Å². The van der Waals surface area contributed by atoms with Crippen LogP contribution in [0.5, 0.6) is 5.88 Å². The Labute approximate surface area is 94.5 Å². The van der Waals surface area contributed by atoms with E-state index in [9.17, 15) is 4.79 Å². The number of carbonyl (C=O) groups is 1. The summed E-state index contributed by atoms with van der Waals surface area (Å²) in [6, 6.07) is 3.65. The number of carboxylic acid groups (broad SMARTS) is 1. The van der Waals surface area contributed by atoms with Crippen molar-refractivity contribution >= 4 is 11.7 Å². The molecule has 0 aliphatic rings. The van der Waals surface area contributed by atoms with E-state index in [0.717, 1.165) is 18.7 Å². The zero-order chi connectivity index (χ0) is 11.8. The molecule has 1 aromatic rings. The Balaban J connectivity index is 2.23. The average Bonchev–Trinajstić information content (AvgIpc) is 2.28. The molecular formula is C11H16N2O3. The van der Waals surface area contributed by atoms with Crippen LogP contribution in [0.3, 0.4) is 0 Å². The molecule has 1 aromatic heterocycles. The molecule has 1 heterocycles.